The Bertz CT molecular complexity index is 408. The van der Waals surface area contributed by atoms with Crippen molar-refractivity contribution in [3.63, 3.8) is 0 Å². The van der Waals surface area contributed by atoms with Crippen LogP contribution in [-0.2, 0) is 0 Å². The van der Waals surface area contributed by atoms with Gasteiger partial charge in [-0.2, -0.15) is 5.26 Å². The summed E-state index contributed by atoms with van der Waals surface area (Å²) in [6.45, 7) is 1.80. The highest BCUT2D eigenvalue weighted by Crippen LogP contribution is 2.33. The Kier molecular flexibility index (Phi) is 3.23. The van der Waals surface area contributed by atoms with Crippen LogP contribution in [0, 0.1) is 17.2 Å². The van der Waals surface area contributed by atoms with Gasteiger partial charge in [-0.15, -0.1) is 0 Å². The number of rotatable bonds is 2. The van der Waals surface area contributed by atoms with Crippen molar-refractivity contribution in [1.29, 1.82) is 5.26 Å². The molecule has 0 saturated carbocycles. The van der Waals surface area contributed by atoms with Gasteiger partial charge in [0.05, 0.1) is 11.6 Å². The fourth-order valence-electron chi connectivity index (χ4n) is 2.48. The van der Waals surface area contributed by atoms with Crippen LogP contribution < -0.4 is 5.73 Å². The Hall–Kier alpha value is -1.37. The molecule has 0 bridgehead atoms. The second kappa shape index (κ2) is 4.65. The third-order valence-electron chi connectivity index (χ3n) is 3.37. The Morgan fingerprint density at radius 3 is 3.00 bits per heavy atom. The van der Waals surface area contributed by atoms with E-state index < -0.39 is 0 Å². The van der Waals surface area contributed by atoms with Crippen molar-refractivity contribution in [3.8, 4) is 6.07 Å². The van der Waals surface area contributed by atoms with Gasteiger partial charge in [-0.1, -0.05) is 12.1 Å². The highest BCUT2D eigenvalue weighted by Gasteiger charge is 2.29. The highest BCUT2D eigenvalue weighted by molar-refractivity contribution is 5.34. The Morgan fingerprint density at radius 2 is 2.38 bits per heavy atom. The van der Waals surface area contributed by atoms with Crippen LogP contribution in [0.2, 0.25) is 0 Å². The molecule has 1 saturated heterocycles. The Labute approximate surface area is 96.5 Å². The zero-order chi connectivity index (χ0) is 11.5. The lowest BCUT2D eigenvalue weighted by atomic mass is 9.99. The van der Waals surface area contributed by atoms with E-state index in [2.05, 4.69) is 24.1 Å². The quantitative estimate of drug-likeness (QED) is 0.813. The van der Waals surface area contributed by atoms with Gasteiger partial charge in [0, 0.05) is 12.6 Å². The maximum absolute atomic E-state index is 8.89. The lowest BCUT2D eigenvalue weighted by Crippen LogP contribution is -2.20. The van der Waals surface area contributed by atoms with E-state index in [1.165, 1.54) is 5.56 Å². The standard InChI is InChI=1S/C13H17N3/c1-16-9-11(8-15)6-13(16)12-4-2-3-10(5-12)7-14/h2-5,11,13H,6,8-9,15H2,1H3. The van der Waals surface area contributed by atoms with E-state index >= 15 is 0 Å². The minimum Gasteiger partial charge on any atom is -0.330 e. The summed E-state index contributed by atoms with van der Waals surface area (Å²) in [5, 5.41) is 8.89. The number of nitrogens with two attached hydrogens (primary N) is 1. The zero-order valence-corrected chi connectivity index (χ0v) is 9.56. The molecule has 84 valence electrons. The average Bonchev–Trinajstić information content (AvgIpc) is 2.71. The molecule has 3 nitrogen and oxygen atoms in total. The van der Waals surface area contributed by atoms with E-state index in [-0.39, 0.29) is 0 Å². The van der Waals surface area contributed by atoms with Crippen LogP contribution in [0.3, 0.4) is 0 Å². The Morgan fingerprint density at radius 1 is 1.56 bits per heavy atom. The summed E-state index contributed by atoms with van der Waals surface area (Å²) >= 11 is 0. The molecule has 0 aromatic heterocycles. The first-order chi connectivity index (χ1) is 7.74. The molecule has 1 aromatic carbocycles. The van der Waals surface area contributed by atoms with Crippen molar-refractivity contribution in [2.24, 2.45) is 11.7 Å². The minimum absolute atomic E-state index is 0.418. The monoisotopic (exact) mass is 215 g/mol. The minimum atomic E-state index is 0.418. The first-order valence-electron chi connectivity index (χ1n) is 5.65. The second-order valence-electron chi connectivity index (χ2n) is 4.53. The van der Waals surface area contributed by atoms with E-state index in [0.29, 0.717) is 12.0 Å². The van der Waals surface area contributed by atoms with Gasteiger partial charge < -0.3 is 5.73 Å². The van der Waals surface area contributed by atoms with E-state index in [0.717, 1.165) is 25.1 Å². The second-order valence-corrected chi connectivity index (χ2v) is 4.53. The zero-order valence-electron chi connectivity index (χ0n) is 9.56. The van der Waals surface area contributed by atoms with Gasteiger partial charge in [0.2, 0.25) is 0 Å². The normalized spacial score (nSPS) is 25.6. The van der Waals surface area contributed by atoms with Gasteiger partial charge in [-0.25, -0.2) is 0 Å². The van der Waals surface area contributed by atoms with Crippen molar-refractivity contribution in [2.45, 2.75) is 12.5 Å². The number of benzene rings is 1. The van der Waals surface area contributed by atoms with Crippen LogP contribution in [0.25, 0.3) is 0 Å². The fourth-order valence-corrected chi connectivity index (χ4v) is 2.48. The van der Waals surface area contributed by atoms with Gasteiger partial charge in [0.25, 0.3) is 0 Å². The van der Waals surface area contributed by atoms with Crippen molar-refractivity contribution in [3.05, 3.63) is 35.4 Å². The van der Waals surface area contributed by atoms with Gasteiger partial charge in [-0.05, 0) is 43.6 Å². The van der Waals surface area contributed by atoms with Gasteiger partial charge >= 0.3 is 0 Å². The lowest BCUT2D eigenvalue weighted by Gasteiger charge is -2.19. The molecule has 2 unspecified atom stereocenters. The average molecular weight is 215 g/mol. The van der Waals surface area contributed by atoms with Crippen molar-refractivity contribution in [1.82, 2.24) is 4.90 Å². The van der Waals surface area contributed by atoms with E-state index in [1.54, 1.807) is 0 Å². The van der Waals surface area contributed by atoms with Crippen LogP contribution in [0.15, 0.2) is 24.3 Å². The molecule has 1 heterocycles. The maximum atomic E-state index is 8.89. The molecule has 2 N–H and O–H groups in total. The summed E-state index contributed by atoms with van der Waals surface area (Å²) < 4.78 is 0. The molecule has 1 aliphatic rings. The van der Waals surface area contributed by atoms with Gasteiger partial charge in [0.1, 0.15) is 0 Å². The number of nitriles is 1. The smallest absolute Gasteiger partial charge is 0.0991 e. The maximum Gasteiger partial charge on any atom is 0.0991 e. The van der Waals surface area contributed by atoms with Crippen LogP contribution >= 0.6 is 0 Å². The van der Waals surface area contributed by atoms with E-state index in [1.807, 2.05) is 18.2 Å². The first kappa shape index (κ1) is 11.1. The number of likely N-dealkylation sites (tertiary alicyclic amines) is 1. The molecular weight excluding hydrogens is 198 g/mol. The summed E-state index contributed by atoms with van der Waals surface area (Å²) in [6.07, 6.45) is 1.10. The van der Waals surface area contributed by atoms with Crippen LogP contribution in [-0.4, -0.2) is 25.0 Å². The molecule has 16 heavy (non-hydrogen) atoms. The van der Waals surface area contributed by atoms with Crippen LogP contribution in [0.4, 0.5) is 0 Å². The predicted octanol–water partition coefficient (Wildman–Crippen LogP) is 1.51. The third-order valence-corrected chi connectivity index (χ3v) is 3.37. The summed E-state index contributed by atoms with van der Waals surface area (Å²) in [6, 6.07) is 10.5. The van der Waals surface area contributed by atoms with Crippen LogP contribution in [0.5, 0.6) is 0 Å². The molecule has 3 heteroatoms. The largest absolute Gasteiger partial charge is 0.330 e. The number of hydrogen-bond donors (Lipinski definition) is 1. The summed E-state index contributed by atoms with van der Waals surface area (Å²) in [4.78, 5) is 2.33. The molecule has 2 atom stereocenters. The predicted molar refractivity (Wildman–Crippen MR) is 63.7 cm³/mol. The van der Waals surface area contributed by atoms with E-state index in [4.69, 9.17) is 11.0 Å². The molecule has 1 fully saturated rings. The number of hydrogen-bond acceptors (Lipinski definition) is 3. The molecular formula is C13H17N3. The topological polar surface area (TPSA) is 53.0 Å². The van der Waals surface area contributed by atoms with Gasteiger partial charge in [-0.3, -0.25) is 4.90 Å². The third kappa shape index (κ3) is 2.08. The Balaban J connectivity index is 2.21. The summed E-state index contributed by atoms with van der Waals surface area (Å²) in [7, 11) is 2.12. The molecule has 2 rings (SSSR count). The summed E-state index contributed by atoms with van der Waals surface area (Å²) in [5.74, 6) is 0.584. The van der Waals surface area contributed by atoms with E-state index in [9.17, 15) is 0 Å². The van der Waals surface area contributed by atoms with Crippen molar-refractivity contribution < 1.29 is 0 Å². The molecule has 1 aliphatic heterocycles. The molecule has 0 spiro atoms. The van der Waals surface area contributed by atoms with Crippen molar-refractivity contribution >= 4 is 0 Å². The molecule has 1 aromatic rings. The van der Waals surface area contributed by atoms with Crippen molar-refractivity contribution in [2.75, 3.05) is 20.1 Å². The molecule has 0 aliphatic carbocycles. The number of nitrogens with zero attached hydrogens (tertiary/aromatic N) is 2. The summed E-state index contributed by atoms with van der Waals surface area (Å²) in [5.41, 5.74) is 7.69. The SMILES string of the molecule is CN1CC(CN)CC1c1cccc(C#N)c1. The fraction of sp³-hybridized carbons (Fsp3) is 0.462. The molecule has 0 amide bonds. The van der Waals surface area contributed by atoms with Gasteiger partial charge in [0.15, 0.2) is 0 Å². The molecule has 0 radical (unpaired) electrons. The first-order valence-corrected chi connectivity index (χ1v) is 5.65. The highest BCUT2D eigenvalue weighted by atomic mass is 15.2. The lowest BCUT2D eigenvalue weighted by molar-refractivity contribution is 0.313. The van der Waals surface area contributed by atoms with Crippen LogP contribution in [0.1, 0.15) is 23.6 Å².